The van der Waals surface area contributed by atoms with Crippen LogP contribution in [0.15, 0.2) is 23.2 Å². The molecule has 1 aromatic carbocycles. The zero-order valence-corrected chi connectivity index (χ0v) is 10.1. The first-order valence-corrected chi connectivity index (χ1v) is 6.13. The van der Waals surface area contributed by atoms with Crippen molar-refractivity contribution in [3.8, 4) is 0 Å². The van der Waals surface area contributed by atoms with E-state index in [4.69, 9.17) is 11.6 Å². The van der Waals surface area contributed by atoms with E-state index in [1.165, 1.54) is 17.8 Å². The Labute approximate surface area is 105 Å². The van der Waals surface area contributed by atoms with E-state index >= 15 is 0 Å². The average Bonchev–Trinajstić information content (AvgIpc) is 2.68. The molecule has 0 fully saturated rings. The zero-order chi connectivity index (χ0) is 12.5. The summed E-state index contributed by atoms with van der Waals surface area (Å²) in [5.41, 5.74) is -0.464. The first-order chi connectivity index (χ1) is 7.95. The Bertz CT molecular complexity index is 459. The maximum atomic E-state index is 12.5. The molecule has 0 radical (unpaired) electrons. The van der Waals surface area contributed by atoms with E-state index in [-0.39, 0.29) is 5.02 Å². The Morgan fingerprint density at radius 1 is 1.29 bits per heavy atom. The molecule has 0 aliphatic carbocycles. The second-order valence-electron chi connectivity index (χ2n) is 3.39. The van der Waals surface area contributed by atoms with Crippen molar-refractivity contribution in [3.63, 3.8) is 0 Å². The van der Waals surface area contributed by atoms with Gasteiger partial charge in [0.1, 0.15) is 0 Å². The molecule has 2 nitrogen and oxygen atoms in total. The van der Waals surface area contributed by atoms with Gasteiger partial charge in [-0.05, 0) is 18.2 Å². The SMILES string of the molecule is FC(F)(F)c1cc(Cl)cc(NC2=NCCS2)c1. The fourth-order valence-corrected chi connectivity index (χ4v) is 2.34. The van der Waals surface area contributed by atoms with Crippen molar-refractivity contribution in [3.05, 3.63) is 28.8 Å². The van der Waals surface area contributed by atoms with Crippen molar-refractivity contribution in [1.29, 1.82) is 0 Å². The van der Waals surface area contributed by atoms with Crippen LogP contribution in [-0.4, -0.2) is 17.5 Å². The minimum Gasteiger partial charge on any atom is -0.335 e. The molecule has 1 heterocycles. The number of rotatable bonds is 1. The van der Waals surface area contributed by atoms with Gasteiger partial charge in [-0.1, -0.05) is 23.4 Å². The third kappa shape index (κ3) is 3.29. The van der Waals surface area contributed by atoms with Gasteiger partial charge in [-0.15, -0.1) is 0 Å². The summed E-state index contributed by atoms with van der Waals surface area (Å²) < 4.78 is 37.6. The molecule has 0 atom stereocenters. The molecule has 0 saturated carbocycles. The lowest BCUT2D eigenvalue weighted by molar-refractivity contribution is -0.137. The molecule has 0 bridgehead atoms. The molecule has 0 amide bonds. The number of hydrogen-bond donors (Lipinski definition) is 1. The summed E-state index contributed by atoms with van der Waals surface area (Å²) in [5.74, 6) is 0.842. The highest BCUT2D eigenvalue weighted by Crippen LogP contribution is 2.33. The van der Waals surface area contributed by atoms with E-state index < -0.39 is 11.7 Å². The topological polar surface area (TPSA) is 24.4 Å². The summed E-state index contributed by atoms with van der Waals surface area (Å²) in [7, 11) is 0. The van der Waals surface area contributed by atoms with Crippen molar-refractivity contribution in [2.45, 2.75) is 6.18 Å². The highest BCUT2D eigenvalue weighted by atomic mass is 35.5. The number of thioether (sulfide) groups is 1. The molecule has 7 heteroatoms. The van der Waals surface area contributed by atoms with Gasteiger partial charge in [0.25, 0.3) is 0 Å². The van der Waals surface area contributed by atoms with Crippen molar-refractivity contribution in [1.82, 2.24) is 0 Å². The van der Waals surface area contributed by atoms with Crippen LogP contribution in [0.4, 0.5) is 18.9 Å². The quantitative estimate of drug-likeness (QED) is 0.844. The van der Waals surface area contributed by atoms with Crippen molar-refractivity contribution < 1.29 is 13.2 Å². The lowest BCUT2D eigenvalue weighted by atomic mass is 10.2. The summed E-state index contributed by atoms with van der Waals surface area (Å²) in [5, 5.41) is 3.50. The van der Waals surface area contributed by atoms with E-state index in [2.05, 4.69) is 10.3 Å². The Hall–Kier alpha value is -0.880. The van der Waals surface area contributed by atoms with Crippen LogP contribution < -0.4 is 5.32 Å². The smallest absolute Gasteiger partial charge is 0.335 e. The van der Waals surface area contributed by atoms with Crippen molar-refractivity contribution in [2.24, 2.45) is 4.99 Å². The molecule has 1 aliphatic heterocycles. The average molecular weight is 281 g/mol. The third-order valence-corrected chi connectivity index (χ3v) is 3.17. The summed E-state index contributed by atoms with van der Waals surface area (Å²) >= 11 is 7.13. The Balaban J connectivity index is 2.25. The van der Waals surface area contributed by atoms with Gasteiger partial charge in [-0.2, -0.15) is 13.2 Å². The molecule has 1 N–H and O–H groups in total. The minimum absolute atomic E-state index is 0.0471. The Kier molecular flexibility index (Phi) is 3.53. The van der Waals surface area contributed by atoms with Crippen LogP contribution in [0.1, 0.15) is 5.56 Å². The molecule has 1 aromatic rings. The van der Waals surface area contributed by atoms with Crippen LogP contribution in [-0.2, 0) is 6.18 Å². The number of nitrogens with one attached hydrogen (secondary N) is 1. The number of hydrogen-bond acceptors (Lipinski definition) is 3. The lowest BCUT2D eigenvalue weighted by Crippen LogP contribution is -2.09. The molecule has 1 aliphatic rings. The summed E-state index contributed by atoms with van der Waals surface area (Å²) in [6, 6.07) is 3.36. The lowest BCUT2D eigenvalue weighted by Gasteiger charge is -2.11. The molecular formula is C10H8ClF3N2S. The number of nitrogens with zero attached hydrogens (tertiary/aromatic N) is 1. The number of alkyl halides is 3. The summed E-state index contributed by atoms with van der Waals surface area (Å²) in [4.78, 5) is 4.10. The maximum Gasteiger partial charge on any atom is 0.416 e. The number of aliphatic imine (C=N–C) groups is 1. The largest absolute Gasteiger partial charge is 0.416 e. The van der Waals surface area contributed by atoms with Gasteiger partial charge in [0, 0.05) is 16.5 Å². The zero-order valence-electron chi connectivity index (χ0n) is 8.51. The van der Waals surface area contributed by atoms with Crippen LogP contribution in [0.3, 0.4) is 0 Å². The van der Waals surface area contributed by atoms with Crippen molar-refractivity contribution in [2.75, 3.05) is 17.6 Å². The predicted octanol–water partition coefficient (Wildman–Crippen LogP) is 3.87. The number of benzene rings is 1. The number of halogens is 4. The van der Waals surface area contributed by atoms with Crippen LogP contribution in [0.25, 0.3) is 0 Å². The van der Waals surface area contributed by atoms with Gasteiger partial charge >= 0.3 is 6.18 Å². The second kappa shape index (κ2) is 4.78. The molecule has 0 aromatic heterocycles. The minimum atomic E-state index is -4.40. The van der Waals surface area contributed by atoms with Crippen LogP contribution in [0.2, 0.25) is 5.02 Å². The summed E-state index contributed by atoms with van der Waals surface area (Å²) in [6.07, 6.45) is -4.40. The van der Waals surface area contributed by atoms with Crippen LogP contribution in [0.5, 0.6) is 0 Å². The summed E-state index contributed by atoms with van der Waals surface area (Å²) in [6.45, 7) is 0.680. The Morgan fingerprint density at radius 3 is 2.65 bits per heavy atom. The molecule has 0 saturated heterocycles. The molecule has 92 valence electrons. The van der Waals surface area contributed by atoms with E-state index in [0.29, 0.717) is 17.4 Å². The van der Waals surface area contributed by atoms with Gasteiger partial charge in [0.15, 0.2) is 5.17 Å². The maximum absolute atomic E-state index is 12.5. The Morgan fingerprint density at radius 2 is 2.06 bits per heavy atom. The number of amidine groups is 1. The molecule has 2 rings (SSSR count). The third-order valence-electron chi connectivity index (χ3n) is 2.06. The van der Waals surface area contributed by atoms with Crippen LogP contribution in [0, 0.1) is 0 Å². The monoisotopic (exact) mass is 280 g/mol. The van der Waals surface area contributed by atoms with Gasteiger partial charge in [0.2, 0.25) is 0 Å². The van der Waals surface area contributed by atoms with Gasteiger partial charge in [-0.3, -0.25) is 4.99 Å². The van der Waals surface area contributed by atoms with Crippen LogP contribution >= 0.6 is 23.4 Å². The van der Waals surface area contributed by atoms with Gasteiger partial charge in [0.05, 0.1) is 12.1 Å². The molecular weight excluding hydrogens is 273 g/mol. The fourth-order valence-electron chi connectivity index (χ4n) is 1.36. The van der Waals surface area contributed by atoms with E-state index in [1.807, 2.05) is 0 Å². The first kappa shape index (κ1) is 12.6. The van der Waals surface area contributed by atoms with E-state index in [1.54, 1.807) is 0 Å². The molecule has 0 unspecified atom stereocenters. The highest BCUT2D eigenvalue weighted by Gasteiger charge is 2.31. The fraction of sp³-hybridized carbons (Fsp3) is 0.300. The van der Waals surface area contributed by atoms with E-state index in [9.17, 15) is 13.2 Å². The van der Waals surface area contributed by atoms with Gasteiger partial charge < -0.3 is 5.32 Å². The first-order valence-electron chi connectivity index (χ1n) is 4.77. The predicted molar refractivity (Wildman–Crippen MR) is 64.8 cm³/mol. The standard InChI is InChI=1S/C10H8ClF3N2S/c11-7-3-6(10(12,13)14)4-8(5-7)16-9-15-1-2-17-9/h3-5H,1-2H2,(H,15,16). The van der Waals surface area contributed by atoms with Gasteiger partial charge in [-0.25, -0.2) is 0 Å². The molecule has 17 heavy (non-hydrogen) atoms. The molecule has 0 spiro atoms. The second-order valence-corrected chi connectivity index (χ2v) is 4.91. The normalized spacial score (nSPS) is 15.9. The number of anilines is 1. The highest BCUT2D eigenvalue weighted by molar-refractivity contribution is 8.14. The van der Waals surface area contributed by atoms with Crippen molar-refractivity contribution >= 4 is 34.2 Å². The van der Waals surface area contributed by atoms with E-state index in [0.717, 1.165) is 17.9 Å².